The number of likely N-dealkylation sites (N-methyl/N-ethyl adjacent to an activating group) is 2. The molecule has 0 saturated heterocycles. The van der Waals surface area contributed by atoms with Crippen molar-refractivity contribution in [1.82, 2.24) is 19.9 Å². The van der Waals surface area contributed by atoms with E-state index in [1.807, 2.05) is 30.7 Å². The minimum absolute atomic E-state index is 0.138. The van der Waals surface area contributed by atoms with Crippen molar-refractivity contribution < 1.29 is 13.7 Å². The van der Waals surface area contributed by atoms with E-state index in [1.54, 1.807) is 19.1 Å². The summed E-state index contributed by atoms with van der Waals surface area (Å²) in [6.07, 6.45) is 1.41. The van der Waals surface area contributed by atoms with Gasteiger partial charge in [-0.25, -0.2) is 4.39 Å². The molecule has 0 fully saturated rings. The fourth-order valence-electron chi connectivity index (χ4n) is 2.69. The molecule has 0 aliphatic carbocycles. The first-order valence-corrected chi connectivity index (χ1v) is 9.00. The highest BCUT2D eigenvalue weighted by atomic mass is 19.1. The van der Waals surface area contributed by atoms with Gasteiger partial charge in [-0.1, -0.05) is 17.3 Å². The smallest absolute Gasteiger partial charge is 0.236 e. The predicted octanol–water partition coefficient (Wildman–Crippen LogP) is 2.92. The molecule has 6 nitrogen and oxygen atoms in total. The van der Waals surface area contributed by atoms with Crippen LogP contribution in [0.3, 0.4) is 0 Å². The Bertz CT molecular complexity index is 728. The minimum Gasteiger partial charge on any atom is -0.342 e. The van der Waals surface area contributed by atoms with Crippen LogP contribution in [0, 0.1) is 12.7 Å². The second-order valence-electron chi connectivity index (χ2n) is 6.38. The monoisotopic (exact) mass is 362 g/mol. The summed E-state index contributed by atoms with van der Waals surface area (Å²) < 4.78 is 18.9. The Morgan fingerprint density at radius 2 is 2.00 bits per heavy atom. The van der Waals surface area contributed by atoms with Crippen LogP contribution in [0.15, 0.2) is 22.7 Å². The number of benzene rings is 1. The van der Waals surface area contributed by atoms with Gasteiger partial charge in [0.15, 0.2) is 0 Å². The Labute approximate surface area is 154 Å². The SMILES string of the molecule is CCN(CC)C(=O)CN(C)CCCc1nc(-c2ccc(C)c(F)c2)no1. The van der Waals surface area contributed by atoms with Crippen molar-refractivity contribution in [1.29, 1.82) is 0 Å². The van der Waals surface area contributed by atoms with Gasteiger partial charge in [0, 0.05) is 25.1 Å². The second-order valence-corrected chi connectivity index (χ2v) is 6.38. The van der Waals surface area contributed by atoms with Crippen LogP contribution in [0.1, 0.15) is 31.7 Å². The molecule has 2 rings (SSSR count). The number of nitrogens with zero attached hydrogens (tertiary/aromatic N) is 4. The Hall–Kier alpha value is -2.28. The maximum atomic E-state index is 13.7. The largest absolute Gasteiger partial charge is 0.342 e. The van der Waals surface area contributed by atoms with E-state index in [9.17, 15) is 9.18 Å². The van der Waals surface area contributed by atoms with Crippen molar-refractivity contribution in [2.75, 3.05) is 33.2 Å². The zero-order chi connectivity index (χ0) is 19.1. The van der Waals surface area contributed by atoms with Crippen LogP contribution in [0.2, 0.25) is 0 Å². The summed E-state index contributed by atoms with van der Waals surface area (Å²) in [5.41, 5.74) is 1.19. The quantitative estimate of drug-likeness (QED) is 0.686. The Morgan fingerprint density at radius 1 is 1.27 bits per heavy atom. The molecular weight excluding hydrogens is 335 g/mol. The molecule has 2 aromatic rings. The van der Waals surface area contributed by atoms with E-state index >= 15 is 0 Å². The highest BCUT2D eigenvalue weighted by molar-refractivity contribution is 5.78. The summed E-state index contributed by atoms with van der Waals surface area (Å²) in [5.74, 6) is 0.765. The molecule has 0 aliphatic rings. The Kier molecular flexibility index (Phi) is 7.26. The average Bonchev–Trinajstić information content (AvgIpc) is 3.07. The number of halogens is 1. The zero-order valence-electron chi connectivity index (χ0n) is 16.0. The molecule has 1 aromatic heterocycles. The van der Waals surface area contributed by atoms with Crippen molar-refractivity contribution in [3.05, 3.63) is 35.5 Å². The van der Waals surface area contributed by atoms with Gasteiger partial charge in [0.1, 0.15) is 5.82 Å². The summed E-state index contributed by atoms with van der Waals surface area (Å²) in [6.45, 7) is 8.29. The first kappa shape index (κ1) is 20.0. The van der Waals surface area contributed by atoms with Gasteiger partial charge in [-0.3, -0.25) is 9.69 Å². The third-order valence-corrected chi connectivity index (χ3v) is 4.35. The highest BCUT2D eigenvalue weighted by Gasteiger charge is 2.13. The number of hydrogen-bond donors (Lipinski definition) is 0. The molecule has 1 amide bonds. The third-order valence-electron chi connectivity index (χ3n) is 4.35. The molecule has 0 aliphatic heterocycles. The van der Waals surface area contributed by atoms with Crippen LogP contribution in [-0.2, 0) is 11.2 Å². The summed E-state index contributed by atoms with van der Waals surface area (Å²) in [7, 11) is 1.93. The van der Waals surface area contributed by atoms with Crippen LogP contribution >= 0.6 is 0 Å². The van der Waals surface area contributed by atoms with Gasteiger partial charge >= 0.3 is 0 Å². The van der Waals surface area contributed by atoms with Gasteiger partial charge in [0.2, 0.25) is 17.6 Å². The maximum Gasteiger partial charge on any atom is 0.236 e. The second kappa shape index (κ2) is 9.43. The molecule has 0 bridgehead atoms. The number of rotatable bonds is 9. The molecule has 0 N–H and O–H groups in total. The molecule has 1 aromatic carbocycles. The van der Waals surface area contributed by atoms with Crippen LogP contribution < -0.4 is 0 Å². The molecule has 0 spiro atoms. The van der Waals surface area contributed by atoms with E-state index < -0.39 is 0 Å². The van der Waals surface area contributed by atoms with E-state index in [1.165, 1.54) is 6.07 Å². The number of aryl methyl sites for hydroxylation is 2. The van der Waals surface area contributed by atoms with Gasteiger partial charge in [-0.15, -0.1) is 0 Å². The molecule has 0 radical (unpaired) electrons. The number of amides is 1. The molecule has 1 heterocycles. The summed E-state index contributed by atoms with van der Waals surface area (Å²) in [6, 6.07) is 4.89. The number of aromatic nitrogens is 2. The van der Waals surface area contributed by atoms with Gasteiger partial charge in [-0.2, -0.15) is 4.98 Å². The third kappa shape index (κ3) is 5.36. The van der Waals surface area contributed by atoms with Crippen LogP contribution in [0.5, 0.6) is 0 Å². The van der Waals surface area contributed by atoms with Crippen LogP contribution in [0.4, 0.5) is 4.39 Å². The standard InChI is InChI=1S/C19H27FN4O2/c1-5-24(6-2)18(25)13-23(4)11-7-8-17-21-19(22-26-17)15-10-9-14(3)16(20)12-15/h9-10,12H,5-8,11,13H2,1-4H3. The lowest BCUT2D eigenvalue weighted by Crippen LogP contribution is -2.39. The first-order valence-electron chi connectivity index (χ1n) is 9.00. The van der Waals surface area contributed by atoms with E-state index in [0.29, 0.717) is 35.8 Å². The van der Waals surface area contributed by atoms with E-state index in [4.69, 9.17) is 4.52 Å². The number of hydrogen-bond acceptors (Lipinski definition) is 5. The average molecular weight is 362 g/mol. The summed E-state index contributed by atoms with van der Waals surface area (Å²) in [5, 5.41) is 3.92. The molecule has 0 atom stereocenters. The number of carbonyl (C=O) groups is 1. The van der Waals surface area contributed by atoms with E-state index in [-0.39, 0.29) is 11.7 Å². The van der Waals surface area contributed by atoms with Gasteiger partial charge in [-0.05, 0) is 52.4 Å². The van der Waals surface area contributed by atoms with Crippen molar-refractivity contribution in [3.63, 3.8) is 0 Å². The topological polar surface area (TPSA) is 62.5 Å². The summed E-state index contributed by atoms with van der Waals surface area (Å²) >= 11 is 0. The van der Waals surface area contributed by atoms with E-state index in [0.717, 1.165) is 26.1 Å². The molecular formula is C19H27FN4O2. The molecule has 142 valence electrons. The van der Waals surface area contributed by atoms with Crippen molar-refractivity contribution in [2.45, 2.75) is 33.6 Å². The van der Waals surface area contributed by atoms with Crippen molar-refractivity contribution >= 4 is 5.91 Å². The lowest BCUT2D eigenvalue weighted by atomic mass is 10.1. The molecule has 26 heavy (non-hydrogen) atoms. The van der Waals surface area contributed by atoms with Crippen LogP contribution in [-0.4, -0.2) is 59.1 Å². The van der Waals surface area contributed by atoms with Gasteiger partial charge in [0.05, 0.1) is 6.54 Å². The maximum absolute atomic E-state index is 13.7. The van der Waals surface area contributed by atoms with E-state index in [2.05, 4.69) is 10.1 Å². The zero-order valence-corrected chi connectivity index (χ0v) is 16.0. The molecule has 0 saturated carbocycles. The number of carbonyl (C=O) groups excluding carboxylic acids is 1. The Balaban J connectivity index is 1.82. The fourth-order valence-corrected chi connectivity index (χ4v) is 2.69. The van der Waals surface area contributed by atoms with Gasteiger partial charge < -0.3 is 9.42 Å². The minimum atomic E-state index is -0.284. The highest BCUT2D eigenvalue weighted by Crippen LogP contribution is 2.19. The lowest BCUT2D eigenvalue weighted by molar-refractivity contribution is -0.131. The molecule has 0 unspecified atom stereocenters. The van der Waals surface area contributed by atoms with Crippen molar-refractivity contribution in [2.24, 2.45) is 0 Å². The Morgan fingerprint density at radius 3 is 2.65 bits per heavy atom. The van der Waals surface area contributed by atoms with Crippen molar-refractivity contribution in [3.8, 4) is 11.4 Å². The summed E-state index contributed by atoms with van der Waals surface area (Å²) in [4.78, 5) is 20.2. The normalized spacial score (nSPS) is 11.2. The lowest BCUT2D eigenvalue weighted by Gasteiger charge is -2.22. The predicted molar refractivity (Wildman–Crippen MR) is 98.2 cm³/mol. The fraction of sp³-hybridized carbons (Fsp3) is 0.526. The van der Waals surface area contributed by atoms with Gasteiger partial charge in [0.25, 0.3) is 0 Å². The first-order chi connectivity index (χ1) is 12.4. The van der Waals surface area contributed by atoms with Crippen LogP contribution in [0.25, 0.3) is 11.4 Å². The molecule has 7 heteroatoms.